The molecule has 0 saturated carbocycles. The molecule has 2 aromatic carbocycles. The number of rotatable bonds is 2. The Bertz CT molecular complexity index is 414. The average Bonchev–Trinajstić information content (AvgIpc) is 2.27. The third-order valence-corrected chi connectivity index (χ3v) is 3.29. The van der Waals surface area contributed by atoms with Crippen LogP contribution in [0.4, 0.5) is 11.4 Å². The fourth-order valence-electron chi connectivity index (χ4n) is 1.47. The molecule has 2 nitrogen and oxygen atoms in total. The van der Waals surface area contributed by atoms with Gasteiger partial charge in [0.05, 0.1) is 57.1 Å². The Morgan fingerprint density at radius 2 is 1.14 bits per heavy atom. The van der Waals surface area contributed by atoms with Gasteiger partial charge in [-0.1, -0.05) is 24.3 Å². The van der Waals surface area contributed by atoms with Crippen molar-refractivity contribution < 1.29 is 0 Å². The molecule has 72 valence electrons. The van der Waals surface area contributed by atoms with Gasteiger partial charge in [0, 0.05) is 10.8 Å². The Labute approximate surface area is 110 Å². The second-order valence-corrected chi connectivity index (χ2v) is 3.97. The van der Waals surface area contributed by atoms with Gasteiger partial charge in [0.2, 0.25) is 0 Å². The van der Waals surface area contributed by atoms with E-state index in [1.54, 1.807) is 0 Å². The molecule has 0 saturated heterocycles. The normalized spacial score (nSPS) is 10.1. The van der Waals surface area contributed by atoms with Crippen LogP contribution in [0.2, 0.25) is 0 Å². The predicted octanol–water partition coefficient (Wildman–Crippen LogP) is 4.36. The van der Waals surface area contributed by atoms with E-state index in [-0.39, 0.29) is 0 Å². The topological polar surface area (TPSA) is 24.1 Å². The predicted molar refractivity (Wildman–Crippen MR) is 79.2 cm³/mol. The standard InChI is InChI=1S/C10H8I2N2/c11-13-9-5-1-3-7-8(9)4-2-6-10(7)14-12/h1-6,13-14H. The van der Waals surface area contributed by atoms with E-state index in [2.05, 4.69) is 89.2 Å². The summed E-state index contributed by atoms with van der Waals surface area (Å²) in [6.45, 7) is 0. The van der Waals surface area contributed by atoms with Gasteiger partial charge >= 0.3 is 0 Å². The molecule has 0 bridgehead atoms. The Morgan fingerprint density at radius 1 is 0.714 bits per heavy atom. The zero-order chi connectivity index (χ0) is 9.97. The van der Waals surface area contributed by atoms with Gasteiger partial charge in [-0.2, -0.15) is 0 Å². The molecule has 4 heteroatoms. The van der Waals surface area contributed by atoms with E-state index >= 15 is 0 Å². The molecule has 0 aliphatic carbocycles. The summed E-state index contributed by atoms with van der Waals surface area (Å²) in [6, 6.07) is 12.5. The van der Waals surface area contributed by atoms with Crippen molar-refractivity contribution >= 4 is 67.9 Å². The second-order valence-electron chi connectivity index (χ2n) is 2.90. The molecule has 2 aromatic rings. The molecule has 0 atom stereocenters. The molecular formula is C10H8I2N2. The second kappa shape index (κ2) is 4.52. The number of nitrogens with one attached hydrogen (secondary N) is 2. The van der Waals surface area contributed by atoms with Gasteiger partial charge in [-0.3, -0.25) is 0 Å². The molecule has 14 heavy (non-hydrogen) atoms. The molecule has 0 aliphatic heterocycles. The van der Waals surface area contributed by atoms with Crippen molar-refractivity contribution in [2.45, 2.75) is 0 Å². The lowest BCUT2D eigenvalue weighted by Crippen LogP contribution is -1.85. The summed E-state index contributed by atoms with van der Waals surface area (Å²) >= 11 is 4.31. The maximum atomic E-state index is 3.16. The van der Waals surface area contributed by atoms with Gasteiger partial charge in [-0.05, 0) is 12.1 Å². The first-order valence-electron chi connectivity index (χ1n) is 4.12. The van der Waals surface area contributed by atoms with Gasteiger partial charge in [-0.15, -0.1) is 0 Å². The van der Waals surface area contributed by atoms with Crippen LogP contribution in [0.3, 0.4) is 0 Å². The van der Waals surface area contributed by atoms with Crippen molar-refractivity contribution in [1.82, 2.24) is 0 Å². The van der Waals surface area contributed by atoms with Crippen molar-refractivity contribution in [3.05, 3.63) is 36.4 Å². The van der Waals surface area contributed by atoms with Gasteiger partial charge in [-0.25, -0.2) is 0 Å². The molecule has 0 spiro atoms. The van der Waals surface area contributed by atoms with Crippen LogP contribution >= 0.6 is 45.7 Å². The Kier molecular flexibility index (Phi) is 3.32. The molecular weight excluding hydrogens is 402 g/mol. The molecule has 0 unspecified atom stereocenters. The monoisotopic (exact) mass is 410 g/mol. The molecule has 0 aromatic heterocycles. The van der Waals surface area contributed by atoms with Crippen LogP contribution in [0.5, 0.6) is 0 Å². The molecule has 0 heterocycles. The van der Waals surface area contributed by atoms with Crippen LogP contribution in [-0.4, -0.2) is 0 Å². The Hall–Kier alpha value is -0.240. The van der Waals surface area contributed by atoms with E-state index in [9.17, 15) is 0 Å². The molecule has 0 amide bonds. The van der Waals surface area contributed by atoms with Crippen LogP contribution in [-0.2, 0) is 0 Å². The first kappa shape index (κ1) is 10.3. The summed E-state index contributed by atoms with van der Waals surface area (Å²) in [7, 11) is 0. The van der Waals surface area contributed by atoms with Crippen LogP contribution in [0.15, 0.2) is 36.4 Å². The summed E-state index contributed by atoms with van der Waals surface area (Å²) in [5.41, 5.74) is 2.30. The summed E-state index contributed by atoms with van der Waals surface area (Å²) in [5.74, 6) is 0. The van der Waals surface area contributed by atoms with Gasteiger partial charge in [0.15, 0.2) is 0 Å². The first-order chi connectivity index (χ1) is 6.86. The zero-order valence-corrected chi connectivity index (χ0v) is 11.5. The van der Waals surface area contributed by atoms with Crippen molar-refractivity contribution in [1.29, 1.82) is 0 Å². The number of halogens is 2. The number of hydrogen-bond acceptors (Lipinski definition) is 2. The largest absolute Gasteiger partial charge is 0.328 e. The highest BCUT2D eigenvalue weighted by Gasteiger charge is 2.02. The smallest absolute Gasteiger partial charge is 0.0560 e. The van der Waals surface area contributed by atoms with Gasteiger partial charge in [0.1, 0.15) is 0 Å². The highest BCUT2D eigenvalue weighted by Crippen LogP contribution is 2.30. The van der Waals surface area contributed by atoms with E-state index in [4.69, 9.17) is 0 Å². The molecule has 0 aliphatic rings. The fourth-order valence-corrected chi connectivity index (χ4v) is 2.42. The van der Waals surface area contributed by atoms with E-state index in [1.807, 2.05) is 0 Å². The van der Waals surface area contributed by atoms with E-state index in [1.165, 1.54) is 10.8 Å². The summed E-state index contributed by atoms with van der Waals surface area (Å²) in [4.78, 5) is 0. The number of anilines is 2. The number of benzene rings is 2. The van der Waals surface area contributed by atoms with Crippen molar-refractivity contribution in [2.75, 3.05) is 7.06 Å². The minimum absolute atomic E-state index is 1.15. The Balaban J connectivity index is 2.77. The van der Waals surface area contributed by atoms with Crippen molar-refractivity contribution in [3.63, 3.8) is 0 Å². The molecule has 0 radical (unpaired) electrons. The minimum Gasteiger partial charge on any atom is -0.328 e. The molecule has 2 rings (SSSR count). The van der Waals surface area contributed by atoms with Crippen molar-refractivity contribution in [2.24, 2.45) is 0 Å². The van der Waals surface area contributed by atoms with Crippen molar-refractivity contribution in [3.8, 4) is 0 Å². The third kappa shape index (κ3) is 1.77. The molecule has 2 N–H and O–H groups in total. The Morgan fingerprint density at radius 3 is 1.50 bits per heavy atom. The van der Waals surface area contributed by atoms with E-state index in [0.29, 0.717) is 0 Å². The summed E-state index contributed by atoms with van der Waals surface area (Å²) < 4.78 is 6.32. The van der Waals surface area contributed by atoms with E-state index in [0.717, 1.165) is 11.4 Å². The lowest BCUT2D eigenvalue weighted by atomic mass is 10.1. The third-order valence-electron chi connectivity index (χ3n) is 2.13. The maximum absolute atomic E-state index is 3.16. The van der Waals surface area contributed by atoms with Gasteiger partial charge in [0.25, 0.3) is 0 Å². The van der Waals surface area contributed by atoms with Gasteiger partial charge < -0.3 is 7.06 Å². The lowest BCUT2D eigenvalue weighted by molar-refractivity contribution is 1.73. The number of hydrogen-bond donors (Lipinski definition) is 2. The first-order valence-corrected chi connectivity index (χ1v) is 6.27. The summed E-state index contributed by atoms with van der Waals surface area (Å²) in [6.07, 6.45) is 0. The molecule has 0 fully saturated rings. The SMILES string of the molecule is INc1cccc2c(NI)cccc12. The van der Waals surface area contributed by atoms with Crippen LogP contribution in [0.25, 0.3) is 10.8 Å². The number of fused-ring (bicyclic) bond motifs is 1. The maximum Gasteiger partial charge on any atom is 0.0560 e. The van der Waals surface area contributed by atoms with E-state index < -0.39 is 0 Å². The van der Waals surface area contributed by atoms with Crippen LogP contribution in [0.1, 0.15) is 0 Å². The minimum atomic E-state index is 1.15. The van der Waals surface area contributed by atoms with Crippen LogP contribution in [0, 0.1) is 0 Å². The highest BCUT2D eigenvalue weighted by atomic mass is 127. The zero-order valence-electron chi connectivity index (χ0n) is 7.22. The fraction of sp³-hybridized carbons (Fsp3) is 0. The lowest BCUT2D eigenvalue weighted by Gasteiger charge is -2.07. The highest BCUT2D eigenvalue weighted by molar-refractivity contribution is 14.1. The quantitative estimate of drug-likeness (QED) is 0.568. The average molecular weight is 410 g/mol. The summed E-state index contributed by atoms with van der Waals surface area (Å²) in [5, 5.41) is 2.48. The van der Waals surface area contributed by atoms with Crippen LogP contribution < -0.4 is 7.06 Å².